The minimum absolute atomic E-state index is 0.307. The molecule has 0 unspecified atom stereocenters. The van der Waals surface area contributed by atoms with Crippen LogP contribution in [0.3, 0.4) is 0 Å². The number of carbonyl (C=O) groups is 1. The highest BCUT2D eigenvalue weighted by molar-refractivity contribution is 7.15. The predicted octanol–water partition coefficient (Wildman–Crippen LogP) is 4.17. The molecule has 1 saturated heterocycles. The first kappa shape index (κ1) is 19.9. The Morgan fingerprint density at radius 2 is 2.10 bits per heavy atom. The number of nitrogens with one attached hydrogen (secondary N) is 1. The van der Waals surface area contributed by atoms with Crippen LogP contribution in [0.1, 0.15) is 30.7 Å². The van der Waals surface area contributed by atoms with E-state index >= 15 is 0 Å². The van der Waals surface area contributed by atoms with E-state index in [1.807, 2.05) is 6.92 Å². The van der Waals surface area contributed by atoms with Gasteiger partial charge >= 0.3 is 6.09 Å². The highest BCUT2D eigenvalue weighted by Crippen LogP contribution is 2.41. The van der Waals surface area contributed by atoms with Crippen molar-refractivity contribution in [1.29, 1.82) is 0 Å². The predicted molar refractivity (Wildman–Crippen MR) is 115 cm³/mol. The Kier molecular flexibility index (Phi) is 5.09. The van der Waals surface area contributed by atoms with E-state index in [0.717, 1.165) is 42.9 Å². The van der Waals surface area contributed by atoms with E-state index in [9.17, 15) is 9.18 Å². The van der Waals surface area contributed by atoms with E-state index in [1.54, 1.807) is 35.5 Å². The van der Waals surface area contributed by atoms with Crippen LogP contribution >= 0.6 is 11.3 Å². The maximum Gasteiger partial charge on any atom is 0.416 e. The second-order valence-electron chi connectivity index (χ2n) is 8.19. The molecule has 1 aromatic carbocycles. The smallest absolute Gasteiger partial charge is 0.416 e. The van der Waals surface area contributed by atoms with Crippen molar-refractivity contribution in [1.82, 2.24) is 20.0 Å². The first-order chi connectivity index (χ1) is 15.0. The van der Waals surface area contributed by atoms with Crippen molar-refractivity contribution in [3.05, 3.63) is 47.5 Å². The van der Waals surface area contributed by atoms with Crippen LogP contribution in [0.4, 0.5) is 20.0 Å². The largest absolute Gasteiger partial charge is 0.441 e. The summed E-state index contributed by atoms with van der Waals surface area (Å²) in [5.74, 6) is 0.164. The standard InChI is InChI=1S/C21H23FN6O2S/c1-14-25-26-19(31-14)27-13-21(30-20(27)29)8-6-15(7-9-21)10-23-16-11-24-28(12-16)18-5-3-2-4-17(18)22/h2-5,11-12,15,23H,6-10,13H2,1H3. The zero-order chi connectivity index (χ0) is 21.4. The maximum atomic E-state index is 13.9. The lowest BCUT2D eigenvalue weighted by atomic mass is 9.78. The van der Waals surface area contributed by atoms with Crippen LogP contribution in [-0.4, -0.2) is 44.8 Å². The van der Waals surface area contributed by atoms with Crippen LogP contribution in [0.2, 0.25) is 0 Å². The topological polar surface area (TPSA) is 85.2 Å². The molecule has 2 fully saturated rings. The summed E-state index contributed by atoms with van der Waals surface area (Å²) in [5.41, 5.74) is 0.852. The van der Waals surface area contributed by atoms with E-state index in [4.69, 9.17) is 4.74 Å². The summed E-state index contributed by atoms with van der Waals surface area (Å²) < 4.78 is 21.3. The molecule has 1 amide bonds. The van der Waals surface area contributed by atoms with Crippen molar-refractivity contribution in [2.24, 2.45) is 5.92 Å². The summed E-state index contributed by atoms with van der Waals surface area (Å²) in [7, 11) is 0. The fourth-order valence-electron chi connectivity index (χ4n) is 4.28. The lowest BCUT2D eigenvalue weighted by Crippen LogP contribution is -2.39. The third-order valence-electron chi connectivity index (χ3n) is 6.01. The normalized spacial score (nSPS) is 23.4. The van der Waals surface area contributed by atoms with Gasteiger partial charge in [-0.15, -0.1) is 10.2 Å². The minimum atomic E-state index is -0.428. The summed E-state index contributed by atoms with van der Waals surface area (Å²) in [4.78, 5) is 14.0. The Labute approximate surface area is 183 Å². The molecule has 31 heavy (non-hydrogen) atoms. The van der Waals surface area contributed by atoms with Gasteiger partial charge in [0.05, 0.1) is 24.6 Å². The number of para-hydroxylation sites is 1. The Morgan fingerprint density at radius 1 is 1.29 bits per heavy atom. The minimum Gasteiger partial charge on any atom is -0.441 e. The van der Waals surface area contributed by atoms with Gasteiger partial charge in [0, 0.05) is 6.54 Å². The van der Waals surface area contributed by atoms with E-state index in [0.29, 0.717) is 23.3 Å². The van der Waals surface area contributed by atoms with Crippen molar-refractivity contribution in [3.63, 3.8) is 0 Å². The molecule has 1 saturated carbocycles. The average molecular weight is 443 g/mol. The highest BCUT2D eigenvalue weighted by atomic mass is 32.1. The fourth-order valence-corrected chi connectivity index (χ4v) is 4.96. The number of hydrogen-bond acceptors (Lipinski definition) is 7. The zero-order valence-corrected chi connectivity index (χ0v) is 17.9. The zero-order valence-electron chi connectivity index (χ0n) is 17.1. The fraction of sp³-hybridized carbons (Fsp3) is 0.429. The van der Waals surface area contributed by atoms with Gasteiger partial charge < -0.3 is 10.1 Å². The van der Waals surface area contributed by atoms with Gasteiger partial charge in [-0.05, 0) is 50.7 Å². The van der Waals surface area contributed by atoms with E-state index in [2.05, 4.69) is 20.6 Å². The van der Waals surface area contributed by atoms with Crippen LogP contribution in [0.15, 0.2) is 36.7 Å². The summed E-state index contributed by atoms with van der Waals surface area (Å²) >= 11 is 1.41. The first-order valence-electron chi connectivity index (χ1n) is 10.4. The monoisotopic (exact) mass is 442 g/mol. The van der Waals surface area contributed by atoms with Gasteiger partial charge in [-0.25, -0.2) is 18.8 Å². The molecule has 1 spiro atoms. The molecule has 3 heterocycles. The Hall–Kier alpha value is -3.01. The van der Waals surface area contributed by atoms with Crippen molar-refractivity contribution in [3.8, 4) is 5.69 Å². The number of halogens is 1. The molecule has 1 aliphatic carbocycles. The Bertz CT molecular complexity index is 1090. The molecule has 10 heteroatoms. The Morgan fingerprint density at radius 3 is 2.84 bits per heavy atom. The molecule has 3 aromatic rings. The van der Waals surface area contributed by atoms with Gasteiger partial charge in [0.2, 0.25) is 5.13 Å². The SMILES string of the molecule is Cc1nnc(N2CC3(CCC(CNc4cnn(-c5ccccc5F)c4)CC3)OC2=O)s1. The molecule has 0 radical (unpaired) electrons. The van der Waals surface area contributed by atoms with Crippen molar-refractivity contribution in [2.75, 3.05) is 23.3 Å². The Balaban J connectivity index is 1.15. The maximum absolute atomic E-state index is 13.9. The second-order valence-corrected chi connectivity index (χ2v) is 9.35. The van der Waals surface area contributed by atoms with Crippen molar-refractivity contribution in [2.45, 2.75) is 38.2 Å². The first-order valence-corrected chi connectivity index (χ1v) is 11.2. The van der Waals surface area contributed by atoms with Gasteiger partial charge in [0.15, 0.2) is 0 Å². The number of aromatic nitrogens is 4. The molecule has 2 aliphatic rings. The lowest BCUT2D eigenvalue weighted by Gasteiger charge is -2.35. The molecular weight excluding hydrogens is 419 g/mol. The molecule has 1 N–H and O–H groups in total. The number of carbonyl (C=O) groups excluding carboxylic acids is 1. The summed E-state index contributed by atoms with van der Waals surface area (Å²) in [6, 6.07) is 6.56. The van der Waals surface area contributed by atoms with Crippen molar-refractivity contribution < 1.29 is 13.9 Å². The van der Waals surface area contributed by atoms with Crippen LogP contribution in [0.5, 0.6) is 0 Å². The molecule has 8 nitrogen and oxygen atoms in total. The number of amides is 1. The lowest BCUT2D eigenvalue weighted by molar-refractivity contribution is 0.0148. The molecule has 162 valence electrons. The van der Waals surface area contributed by atoms with E-state index in [1.165, 1.54) is 22.1 Å². The molecule has 2 aromatic heterocycles. The van der Waals surface area contributed by atoms with Crippen LogP contribution in [-0.2, 0) is 4.74 Å². The van der Waals surface area contributed by atoms with Crippen LogP contribution in [0, 0.1) is 18.7 Å². The molecular formula is C21H23FN6O2S. The van der Waals surface area contributed by atoms with Gasteiger partial charge in [0.25, 0.3) is 0 Å². The average Bonchev–Trinajstić information content (AvgIpc) is 3.48. The molecule has 0 bridgehead atoms. The van der Waals surface area contributed by atoms with Crippen molar-refractivity contribution >= 4 is 28.2 Å². The third kappa shape index (κ3) is 3.99. The molecule has 1 aliphatic heterocycles. The van der Waals surface area contributed by atoms with Gasteiger partial charge in [-0.3, -0.25) is 0 Å². The number of hydrogen-bond donors (Lipinski definition) is 1. The molecule has 5 rings (SSSR count). The number of nitrogens with zero attached hydrogens (tertiary/aromatic N) is 5. The van der Waals surface area contributed by atoms with Gasteiger partial charge in [0.1, 0.15) is 22.1 Å². The third-order valence-corrected chi connectivity index (χ3v) is 6.87. The number of ether oxygens (including phenoxy) is 1. The quantitative estimate of drug-likeness (QED) is 0.638. The number of rotatable bonds is 5. The second kappa shape index (κ2) is 7.92. The summed E-state index contributed by atoms with van der Waals surface area (Å²) in [6.45, 7) is 3.21. The summed E-state index contributed by atoms with van der Waals surface area (Å²) in [6.07, 6.45) is 6.76. The van der Waals surface area contributed by atoms with E-state index in [-0.39, 0.29) is 11.9 Å². The van der Waals surface area contributed by atoms with Crippen LogP contribution < -0.4 is 10.2 Å². The highest BCUT2D eigenvalue weighted by Gasteiger charge is 2.48. The number of benzene rings is 1. The van der Waals surface area contributed by atoms with E-state index < -0.39 is 5.60 Å². The number of aryl methyl sites for hydroxylation is 1. The number of anilines is 2. The van der Waals surface area contributed by atoms with Gasteiger partial charge in [-0.2, -0.15) is 5.10 Å². The molecule has 0 atom stereocenters. The van der Waals surface area contributed by atoms with Gasteiger partial charge in [-0.1, -0.05) is 23.5 Å². The summed E-state index contributed by atoms with van der Waals surface area (Å²) in [5, 5.41) is 17.2. The van der Waals surface area contributed by atoms with Crippen LogP contribution in [0.25, 0.3) is 5.69 Å².